The number of anilines is 1. The number of carbonyl (C=O) groups excluding carboxylic acids is 1. The van der Waals surface area contributed by atoms with Crippen LogP contribution < -0.4 is 20.5 Å². The molecule has 1 aliphatic rings. The van der Waals surface area contributed by atoms with Crippen LogP contribution in [0.1, 0.15) is 0 Å². The van der Waals surface area contributed by atoms with Crippen molar-refractivity contribution in [2.45, 2.75) is 11.0 Å². The molecule has 0 spiro atoms. The number of primary sulfonamides is 1. The third kappa shape index (κ3) is 3.36. The van der Waals surface area contributed by atoms with Gasteiger partial charge in [0.15, 0.2) is 0 Å². The molecule has 8 nitrogen and oxygen atoms in total. The van der Waals surface area contributed by atoms with Crippen molar-refractivity contribution in [3.8, 4) is 16.9 Å². The molecular weight excluding hydrogens is 358 g/mol. The lowest BCUT2D eigenvalue weighted by Crippen LogP contribution is -2.27. The highest BCUT2D eigenvalue weighted by atomic mass is 32.2. The number of hydrogen-bond donors (Lipinski definition) is 2. The second-order valence-electron chi connectivity index (χ2n) is 5.78. The van der Waals surface area contributed by atoms with E-state index in [4.69, 9.17) is 20.3 Å². The first-order chi connectivity index (χ1) is 12.3. The van der Waals surface area contributed by atoms with Gasteiger partial charge in [-0.05, 0) is 23.8 Å². The van der Waals surface area contributed by atoms with Gasteiger partial charge in [-0.2, -0.15) is 0 Å². The number of ether oxygens (including phenoxy) is 2. The number of nitrogens with zero attached hydrogens (tertiary/aromatic N) is 1. The summed E-state index contributed by atoms with van der Waals surface area (Å²) in [4.78, 5) is 13.5. The van der Waals surface area contributed by atoms with Gasteiger partial charge < -0.3 is 15.2 Å². The van der Waals surface area contributed by atoms with Gasteiger partial charge in [-0.25, -0.2) is 18.4 Å². The van der Waals surface area contributed by atoms with Gasteiger partial charge in [0.25, 0.3) is 0 Å². The second kappa shape index (κ2) is 6.94. The first-order valence-corrected chi connectivity index (χ1v) is 9.38. The Labute approximate surface area is 151 Å². The van der Waals surface area contributed by atoms with Crippen molar-refractivity contribution < 1.29 is 22.7 Å². The fourth-order valence-electron chi connectivity index (χ4n) is 2.86. The van der Waals surface area contributed by atoms with E-state index >= 15 is 0 Å². The van der Waals surface area contributed by atoms with Crippen molar-refractivity contribution in [2.24, 2.45) is 10.9 Å². The molecule has 0 saturated carbocycles. The van der Waals surface area contributed by atoms with E-state index < -0.39 is 16.1 Å². The van der Waals surface area contributed by atoms with Gasteiger partial charge in [-0.1, -0.05) is 24.3 Å². The maximum atomic E-state index is 12.0. The Morgan fingerprint density at radius 1 is 1.27 bits per heavy atom. The predicted molar refractivity (Wildman–Crippen MR) is 96.5 cm³/mol. The number of rotatable bonds is 5. The molecule has 3 rings (SSSR count). The molecule has 1 unspecified atom stereocenters. The van der Waals surface area contributed by atoms with Crippen LogP contribution in [-0.4, -0.2) is 40.8 Å². The highest BCUT2D eigenvalue weighted by Crippen LogP contribution is 2.36. The van der Waals surface area contributed by atoms with Crippen LogP contribution in [0.4, 0.5) is 10.5 Å². The minimum Gasteiger partial charge on any atom is -0.495 e. The topological polar surface area (TPSA) is 125 Å². The van der Waals surface area contributed by atoms with Crippen LogP contribution >= 0.6 is 0 Å². The summed E-state index contributed by atoms with van der Waals surface area (Å²) in [5.41, 5.74) is 7.12. The van der Waals surface area contributed by atoms with E-state index in [2.05, 4.69) is 0 Å². The highest BCUT2D eigenvalue weighted by molar-refractivity contribution is 7.89. The van der Waals surface area contributed by atoms with Gasteiger partial charge in [0, 0.05) is 12.1 Å². The molecule has 138 valence electrons. The average Bonchev–Trinajstić information content (AvgIpc) is 3.01. The zero-order valence-electron chi connectivity index (χ0n) is 14.1. The van der Waals surface area contributed by atoms with E-state index in [0.29, 0.717) is 29.1 Å². The fourth-order valence-corrected chi connectivity index (χ4v) is 3.62. The Hall–Kier alpha value is -2.62. The van der Waals surface area contributed by atoms with Crippen molar-refractivity contribution in [1.82, 2.24) is 0 Å². The first-order valence-electron chi connectivity index (χ1n) is 7.83. The monoisotopic (exact) mass is 377 g/mol. The lowest BCUT2D eigenvalue weighted by atomic mass is 10.0. The largest absolute Gasteiger partial charge is 0.495 e. The van der Waals surface area contributed by atoms with Crippen molar-refractivity contribution >= 4 is 21.8 Å². The predicted octanol–water partition coefficient (Wildman–Crippen LogP) is 1.29. The Kier molecular flexibility index (Phi) is 4.86. The molecule has 1 fully saturated rings. The number of sulfonamides is 1. The molecule has 2 aromatic carbocycles. The molecule has 0 aliphatic carbocycles. The molecule has 0 radical (unpaired) electrons. The number of nitrogens with two attached hydrogens (primary N) is 2. The minimum atomic E-state index is -3.89. The van der Waals surface area contributed by atoms with E-state index in [1.165, 1.54) is 18.1 Å². The summed E-state index contributed by atoms with van der Waals surface area (Å²) in [7, 11) is -2.42. The number of hydrogen-bond acceptors (Lipinski definition) is 6. The van der Waals surface area contributed by atoms with Gasteiger partial charge in [-0.15, -0.1) is 0 Å². The summed E-state index contributed by atoms with van der Waals surface area (Å²) in [6.07, 6.45) is -0.883. The average molecular weight is 377 g/mol. The van der Waals surface area contributed by atoms with Gasteiger partial charge in [-0.3, -0.25) is 4.90 Å². The van der Waals surface area contributed by atoms with Crippen molar-refractivity contribution in [3.63, 3.8) is 0 Å². The highest BCUT2D eigenvalue weighted by Gasteiger charge is 2.33. The van der Waals surface area contributed by atoms with Crippen LogP contribution in [0.15, 0.2) is 47.4 Å². The molecule has 1 amide bonds. The van der Waals surface area contributed by atoms with Gasteiger partial charge >= 0.3 is 6.09 Å². The summed E-state index contributed by atoms with van der Waals surface area (Å²) in [6, 6.07) is 11.4. The molecule has 4 N–H and O–H groups in total. The van der Waals surface area contributed by atoms with E-state index in [1.54, 1.807) is 36.4 Å². The smallest absolute Gasteiger partial charge is 0.414 e. The summed E-state index contributed by atoms with van der Waals surface area (Å²) in [6.45, 7) is 0.545. The molecule has 9 heteroatoms. The normalized spacial score (nSPS) is 17.3. The molecule has 0 aromatic heterocycles. The van der Waals surface area contributed by atoms with Crippen LogP contribution in [0.3, 0.4) is 0 Å². The number of benzene rings is 2. The van der Waals surface area contributed by atoms with E-state index in [9.17, 15) is 13.2 Å². The first kappa shape index (κ1) is 18.2. The second-order valence-corrected chi connectivity index (χ2v) is 7.31. The van der Waals surface area contributed by atoms with Gasteiger partial charge in [0.1, 0.15) is 11.9 Å². The Morgan fingerprint density at radius 3 is 2.62 bits per heavy atom. The van der Waals surface area contributed by atoms with E-state index in [0.717, 1.165) is 0 Å². The van der Waals surface area contributed by atoms with E-state index in [1.807, 2.05) is 0 Å². The molecule has 26 heavy (non-hydrogen) atoms. The SMILES string of the molecule is COc1cc(-c2ccccc2S(N)(=O)=O)ccc1N1CC(CN)OC1=O. The molecule has 1 aliphatic heterocycles. The Bertz CT molecular complexity index is 945. The van der Waals surface area contributed by atoms with Crippen LogP contribution in [0.2, 0.25) is 0 Å². The Balaban J connectivity index is 2.05. The van der Waals surface area contributed by atoms with Crippen LogP contribution in [0.5, 0.6) is 5.75 Å². The molecule has 1 saturated heterocycles. The maximum absolute atomic E-state index is 12.0. The lowest BCUT2D eigenvalue weighted by molar-refractivity contribution is 0.145. The number of amides is 1. The molecule has 1 atom stereocenters. The fraction of sp³-hybridized carbons (Fsp3) is 0.235. The zero-order chi connectivity index (χ0) is 18.9. The van der Waals surface area contributed by atoms with Gasteiger partial charge in [0.05, 0.1) is 24.2 Å². The third-order valence-electron chi connectivity index (χ3n) is 4.11. The summed E-state index contributed by atoms with van der Waals surface area (Å²) in [5.74, 6) is 0.404. The van der Waals surface area contributed by atoms with Crippen LogP contribution in [-0.2, 0) is 14.8 Å². The Morgan fingerprint density at radius 2 is 2.00 bits per heavy atom. The van der Waals surface area contributed by atoms with Crippen molar-refractivity contribution in [1.29, 1.82) is 0 Å². The minimum absolute atomic E-state index is 0.0126. The summed E-state index contributed by atoms with van der Waals surface area (Å²) < 4.78 is 34.2. The quantitative estimate of drug-likeness (QED) is 0.809. The summed E-state index contributed by atoms with van der Waals surface area (Å²) >= 11 is 0. The zero-order valence-corrected chi connectivity index (χ0v) is 14.9. The standard InChI is InChI=1S/C17H19N3O5S/c1-24-15-8-11(13-4-2-3-5-16(13)26(19,22)23)6-7-14(15)20-10-12(9-18)25-17(20)21/h2-8,12H,9-10,18H2,1H3,(H2,19,22,23). The van der Waals surface area contributed by atoms with Crippen molar-refractivity contribution in [3.05, 3.63) is 42.5 Å². The molecular formula is C17H19N3O5S. The number of carbonyl (C=O) groups is 1. The molecule has 0 bridgehead atoms. The lowest BCUT2D eigenvalue weighted by Gasteiger charge is -2.18. The number of methoxy groups -OCH3 is 1. The summed E-state index contributed by atoms with van der Waals surface area (Å²) in [5, 5.41) is 5.30. The third-order valence-corrected chi connectivity index (χ3v) is 5.08. The van der Waals surface area contributed by atoms with E-state index in [-0.39, 0.29) is 17.5 Å². The maximum Gasteiger partial charge on any atom is 0.414 e. The number of cyclic esters (lactones) is 1. The van der Waals surface area contributed by atoms with Crippen LogP contribution in [0, 0.1) is 0 Å². The van der Waals surface area contributed by atoms with Crippen LogP contribution in [0.25, 0.3) is 11.1 Å². The molecule has 2 aromatic rings. The van der Waals surface area contributed by atoms with Crippen molar-refractivity contribution in [2.75, 3.05) is 25.1 Å². The molecule has 1 heterocycles. The van der Waals surface area contributed by atoms with Gasteiger partial charge in [0.2, 0.25) is 10.0 Å².